The molecular weight excluding hydrogens is 250 g/mol. The first kappa shape index (κ1) is 13.2. The third kappa shape index (κ3) is 3.16. The van der Waals surface area contributed by atoms with Crippen LogP contribution < -0.4 is 4.74 Å². The van der Waals surface area contributed by atoms with Gasteiger partial charge in [-0.15, -0.1) is 0 Å². The van der Waals surface area contributed by atoms with Gasteiger partial charge in [0.1, 0.15) is 5.82 Å². The van der Waals surface area contributed by atoms with Crippen LogP contribution in [0.15, 0.2) is 42.5 Å². The quantitative estimate of drug-likeness (QED) is 0.788. The largest absolute Gasteiger partial charge is 0.482 e. The van der Waals surface area contributed by atoms with Gasteiger partial charge in [0.2, 0.25) is 5.78 Å². The lowest BCUT2D eigenvalue weighted by molar-refractivity contribution is 0.0914. The molecule has 2 aromatic rings. The van der Waals surface area contributed by atoms with E-state index in [2.05, 4.69) is 0 Å². The highest BCUT2D eigenvalue weighted by Gasteiger charge is 2.12. The van der Waals surface area contributed by atoms with Crippen molar-refractivity contribution in [1.82, 2.24) is 0 Å². The van der Waals surface area contributed by atoms with Crippen molar-refractivity contribution in [3.63, 3.8) is 0 Å². The predicted octanol–water partition coefficient (Wildman–Crippen LogP) is 3.53. The minimum atomic E-state index is -0.610. The normalized spacial score (nSPS) is 10.3. The first-order valence-corrected chi connectivity index (χ1v) is 5.74. The van der Waals surface area contributed by atoms with Crippen LogP contribution in [0.2, 0.25) is 0 Å². The number of aryl methyl sites for hydroxylation is 1. The van der Waals surface area contributed by atoms with Crippen LogP contribution in [-0.2, 0) is 0 Å². The minimum Gasteiger partial charge on any atom is -0.482 e. The molecule has 0 bridgehead atoms. The van der Waals surface area contributed by atoms with E-state index in [1.165, 1.54) is 30.3 Å². The van der Waals surface area contributed by atoms with Gasteiger partial charge in [-0.1, -0.05) is 18.2 Å². The summed E-state index contributed by atoms with van der Waals surface area (Å²) in [5.74, 6) is -1.70. The Morgan fingerprint density at radius 2 is 1.84 bits per heavy atom. The number of Topliss-reactive ketones (excluding diaryl/α,β-unsaturated/α-hetero) is 1. The summed E-state index contributed by atoms with van der Waals surface area (Å²) in [7, 11) is 0. The number of ketones is 1. The van der Waals surface area contributed by atoms with Crippen LogP contribution in [0.5, 0.6) is 5.75 Å². The Balaban J connectivity index is 2.09. The lowest BCUT2D eigenvalue weighted by Gasteiger charge is -2.07. The second kappa shape index (κ2) is 5.61. The summed E-state index contributed by atoms with van der Waals surface area (Å²) in [5.41, 5.74) is 0.755. The Bertz CT molecular complexity index is 609. The maximum absolute atomic E-state index is 13.4. The van der Waals surface area contributed by atoms with Crippen LogP contribution in [-0.4, -0.2) is 12.4 Å². The molecule has 0 aromatic heterocycles. The fourth-order valence-electron chi connectivity index (χ4n) is 1.63. The van der Waals surface area contributed by atoms with Crippen LogP contribution in [0.4, 0.5) is 8.78 Å². The average Bonchev–Trinajstić information content (AvgIpc) is 2.40. The van der Waals surface area contributed by atoms with Crippen molar-refractivity contribution in [2.75, 3.05) is 6.61 Å². The minimum absolute atomic E-state index is 0.00955. The zero-order valence-corrected chi connectivity index (χ0v) is 10.3. The van der Waals surface area contributed by atoms with Gasteiger partial charge in [0.05, 0.1) is 5.56 Å². The van der Waals surface area contributed by atoms with Gasteiger partial charge in [0, 0.05) is 0 Å². The van der Waals surface area contributed by atoms with Gasteiger partial charge in [-0.25, -0.2) is 8.78 Å². The maximum atomic E-state index is 13.4. The highest BCUT2D eigenvalue weighted by atomic mass is 19.1. The Hall–Kier alpha value is -2.23. The van der Waals surface area contributed by atoms with Crippen LogP contribution in [0.25, 0.3) is 0 Å². The van der Waals surface area contributed by atoms with Crippen molar-refractivity contribution in [1.29, 1.82) is 0 Å². The smallest absolute Gasteiger partial charge is 0.203 e. The molecule has 0 N–H and O–H groups in total. The van der Waals surface area contributed by atoms with Crippen LogP contribution in [0.1, 0.15) is 15.9 Å². The molecule has 98 valence electrons. The summed E-state index contributed by atoms with van der Waals surface area (Å²) in [5, 5.41) is 0. The number of ether oxygens (including phenoxy) is 1. The topological polar surface area (TPSA) is 26.3 Å². The van der Waals surface area contributed by atoms with E-state index >= 15 is 0 Å². The van der Waals surface area contributed by atoms with Gasteiger partial charge in [0.15, 0.2) is 18.2 Å². The van der Waals surface area contributed by atoms with Gasteiger partial charge in [-0.2, -0.15) is 0 Å². The molecule has 0 radical (unpaired) electrons. The molecule has 0 fully saturated rings. The lowest BCUT2D eigenvalue weighted by Crippen LogP contribution is -2.13. The molecule has 0 atom stereocenters. The summed E-state index contributed by atoms with van der Waals surface area (Å²) in [6, 6.07) is 9.97. The Morgan fingerprint density at radius 1 is 1.11 bits per heavy atom. The number of hydrogen-bond acceptors (Lipinski definition) is 2. The zero-order chi connectivity index (χ0) is 13.8. The molecule has 4 heteroatoms. The SMILES string of the molecule is Cc1ccc(F)c(OCC(=O)c2ccccc2F)c1. The predicted molar refractivity (Wildman–Crippen MR) is 67.4 cm³/mol. The number of halogens is 2. The van der Waals surface area contributed by atoms with E-state index in [1.807, 2.05) is 0 Å². The summed E-state index contributed by atoms with van der Waals surface area (Å²) < 4.78 is 31.8. The van der Waals surface area contributed by atoms with Crippen LogP contribution in [0, 0.1) is 18.6 Å². The van der Waals surface area contributed by atoms with Crippen LogP contribution >= 0.6 is 0 Å². The molecule has 0 spiro atoms. The molecule has 2 aromatic carbocycles. The van der Waals surface area contributed by atoms with Crippen molar-refractivity contribution in [3.05, 3.63) is 65.2 Å². The molecule has 2 rings (SSSR count). The Kier molecular flexibility index (Phi) is 3.90. The van der Waals surface area contributed by atoms with Gasteiger partial charge in [-0.05, 0) is 36.8 Å². The molecular formula is C15H12F2O2. The van der Waals surface area contributed by atoms with Crippen molar-refractivity contribution in [2.24, 2.45) is 0 Å². The summed E-state index contributed by atoms with van der Waals surface area (Å²) in [6.45, 7) is 1.38. The van der Waals surface area contributed by atoms with E-state index < -0.39 is 24.0 Å². The highest BCUT2D eigenvalue weighted by Crippen LogP contribution is 2.18. The van der Waals surface area contributed by atoms with Gasteiger partial charge < -0.3 is 4.74 Å². The third-order valence-corrected chi connectivity index (χ3v) is 2.62. The first-order chi connectivity index (χ1) is 9.08. The number of benzene rings is 2. The fourth-order valence-corrected chi connectivity index (χ4v) is 1.63. The van der Waals surface area contributed by atoms with E-state index in [9.17, 15) is 13.6 Å². The second-order valence-electron chi connectivity index (χ2n) is 4.13. The van der Waals surface area contributed by atoms with Gasteiger partial charge in [-0.3, -0.25) is 4.79 Å². The van der Waals surface area contributed by atoms with Gasteiger partial charge >= 0.3 is 0 Å². The standard InChI is InChI=1S/C15H12F2O2/c1-10-6-7-13(17)15(8-10)19-9-14(18)11-4-2-3-5-12(11)16/h2-8H,9H2,1H3. The second-order valence-corrected chi connectivity index (χ2v) is 4.13. The molecule has 0 aliphatic carbocycles. The van der Waals surface area contributed by atoms with Crippen LogP contribution in [0.3, 0.4) is 0 Å². The molecule has 0 saturated heterocycles. The first-order valence-electron chi connectivity index (χ1n) is 5.74. The molecule has 19 heavy (non-hydrogen) atoms. The molecule has 0 unspecified atom stereocenters. The van der Waals surface area contributed by atoms with Crippen molar-refractivity contribution >= 4 is 5.78 Å². The number of rotatable bonds is 4. The lowest BCUT2D eigenvalue weighted by atomic mass is 10.1. The number of hydrogen-bond donors (Lipinski definition) is 0. The van der Waals surface area contributed by atoms with E-state index in [1.54, 1.807) is 19.1 Å². The van der Waals surface area contributed by atoms with Gasteiger partial charge in [0.25, 0.3) is 0 Å². The molecule has 0 aliphatic rings. The Morgan fingerprint density at radius 3 is 2.58 bits per heavy atom. The summed E-state index contributed by atoms with van der Waals surface area (Å²) in [6.07, 6.45) is 0. The molecule has 2 nitrogen and oxygen atoms in total. The van der Waals surface area contributed by atoms with Crippen molar-refractivity contribution in [3.8, 4) is 5.75 Å². The Labute approximate surface area is 109 Å². The number of carbonyl (C=O) groups excluding carboxylic acids is 1. The molecule has 0 heterocycles. The summed E-state index contributed by atoms with van der Waals surface area (Å²) in [4.78, 5) is 11.7. The third-order valence-electron chi connectivity index (χ3n) is 2.62. The van der Waals surface area contributed by atoms with Crippen molar-refractivity contribution < 1.29 is 18.3 Å². The molecule has 0 amide bonds. The fraction of sp³-hybridized carbons (Fsp3) is 0.133. The van der Waals surface area contributed by atoms with E-state index in [4.69, 9.17) is 4.74 Å². The van der Waals surface area contributed by atoms with E-state index in [-0.39, 0.29) is 11.3 Å². The summed E-state index contributed by atoms with van der Waals surface area (Å²) >= 11 is 0. The molecule has 0 aliphatic heterocycles. The zero-order valence-electron chi connectivity index (χ0n) is 10.3. The van der Waals surface area contributed by atoms with E-state index in [0.717, 1.165) is 5.56 Å². The molecule has 0 saturated carbocycles. The average molecular weight is 262 g/mol. The monoisotopic (exact) mass is 262 g/mol. The number of carbonyl (C=O) groups is 1. The van der Waals surface area contributed by atoms with Crippen molar-refractivity contribution in [2.45, 2.75) is 6.92 Å². The van der Waals surface area contributed by atoms with E-state index in [0.29, 0.717) is 0 Å². The maximum Gasteiger partial charge on any atom is 0.203 e. The highest BCUT2D eigenvalue weighted by molar-refractivity contribution is 5.97.